The summed E-state index contributed by atoms with van der Waals surface area (Å²) in [6.45, 7) is 16.1. The van der Waals surface area contributed by atoms with E-state index in [1.54, 1.807) is 25.7 Å². The van der Waals surface area contributed by atoms with Crippen molar-refractivity contribution in [2.45, 2.75) is 86.1 Å². The van der Waals surface area contributed by atoms with Gasteiger partial charge in [0.2, 0.25) is 11.8 Å². The minimum absolute atomic E-state index is 0.178. The highest BCUT2D eigenvalue weighted by molar-refractivity contribution is 5.92. The average molecular weight is 540 g/mol. The van der Waals surface area contributed by atoms with Crippen LogP contribution in [0.25, 0.3) is 0 Å². The molecule has 8 heteroatoms. The molecule has 39 heavy (non-hydrogen) atoms. The lowest BCUT2D eigenvalue weighted by molar-refractivity contribution is -0.137. The van der Waals surface area contributed by atoms with Crippen LogP contribution in [0.5, 0.6) is 5.75 Å². The number of ether oxygens (including phenoxy) is 2. The predicted octanol–water partition coefficient (Wildman–Crippen LogP) is 5.10. The van der Waals surface area contributed by atoms with Crippen LogP contribution in [0.1, 0.15) is 66.5 Å². The number of benzene rings is 2. The first-order chi connectivity index (χ1) is 18.2. The number of carbonyl (C=O) groups is 3. The Bertz CT molecular complexity index is 1070. The van der Waals surface area contributed by atoms with E-state index in [-0.39, 0.29) is 5.91 Å². The maximum atomic E-state index is 13.5. The lowest BCUT2D eigenvalue weighted by Gasteiger charge is -2.33. The van der Waals surface area contributed by atoms with Gasteiger partial charge < -0.3 is 25.0 Å². The van der Waals surface area contributed by atoms with Crippen LogP contribution in [0, 0.1) is 5.41 Å². The van der Waals surface area contributed by atoms with Gasteiger partial charge in [-0.3, -0.25) is 9.59 Å². The smallest absolute Gasteiger partial charge is 0.408 e. The molecule has 0 aliphatic rings. The molecule has 3 amide bonds. The van der Waals surface area contributed by atoms with Gasteiger partial charge >= 0.3 is 6.09 Å². The molecule has 0 bridgehead atoms. The first-order valence-electron chi connectivity index (χ1n) is 13.6. The summed E-state index contributed by atoms with van der Waals surface area (Å²) >= 11 is 0. The van der Waals surface area contributed by atoms with Gasteiger partial charge in [-0.15, -0.1) is 0 Å². The van der Waals surface area contributed by atoms with E-state index in [4.69, 9.17) is 9.47 Å². The maximum Gasteiger partial charge on any atom is 0.408 e. The van der Waals surface area contributed by atoms with Crippen molar-refractivity contribution in [3.05, 3.63) is 65.7 Å². The van der Waals surface area contributed by atoms with Crippen molar-refractivity contribution in [1.82, 2.24) is 15.5 Å². The largest absolute Gasteiger partial charge is 0.489 e. The molecule has 2 unspecified atom stereocenters. The van der Waals surface area contributed by atoms with Crippen molar-refractivity contribution in [1.29, 1.82) is 0 Å². The number of carbonyl (C=O) groups excluding carboxylic acids is 3. The van der Waals surface area contributed by atoms with E-state index in [0.29, 0.717) is 31.9 Å². The van der Waals surface area contributed by atoms with Crippen LogP contribution in [-0.2, 0) is 27.4 Å². The highest BCUT2D eigenvalue weighted by atomic mass is 16.6. The Balaban J connectivity index is 2.19. The Morgan fingerprint density at radius 1 is 0.821 bits per heavy atom. The topological polar surface area (TPSA) is 97.0 Å². The average Bonchev–Trinajstić information content (AvgIpc) is 2.86. The zero-order valence-electron chi connectivity index (χ0n) is 24.7. The molecule has 2 rings (SSSR count). The normalized spacial score (nSPS) is 13.1. The molecule has 2 N–H and O–H groups in total. The Morgan fingerprint density at radius 2 is 1.41 bits per heavy atom. The molecule has 2 aromatic rings. The van der Waals surface area contributed by atoms with Crippen molar-refractivity contribution >= 4 is 17.9 Å². The molecule has 0 fully saturated rings. The summed E-state index contributed by atoms with van der Waals surface area (Å²) in [5, 5.41) is 5.62. The van der Waals surface area contributed by atoms with E-state index in [0.717, 1.165) is 11.1 Å². The van der Waals surface area contributed by atoms with Crippen molar-refractivity contribution in [3.8, 4) is 5.75 Å². The summed E-state index contributed by atoms with van der Waals surface area (Å²) < 4.78 is 11.3. The number of alkyl carbamates (subject to hydrolysis) is 1. The Hall–Kier alpha value is -3.55. The lowest BCUT2D eigenvalue weighted by Crippen LogP contribution is -2.59. The maximum absolute atomic E-state index is 13.5. The van der Waals surface area contributed by atoms with Gasteiger partial charge in [0.1, 0.15) is 30.0 Å². The Labute approximate surface area is 233 Å². The van der Waals surface area contributed by atoms with Crippen LogP contribution in [0.4, 0.5) is 4.79 Å². The number of hydrogen-bond acceptors (Lipinski definition) is 5. The molecular weight excluding hydrogens is 494 g/mol. The van der Waals surface area contributed by atoms with E-state index < -0.39 is 35.1 Å². The number of nitrogens with zero attached hydrogens (tertiary/aromatic N) is 1. The van der Waals surface area contributed by atoms with E-state index in [1.165, 1.54) is 0 Å². The predicted molar refractivity (Wildman–Crippen MR) is 153 cm³/mol. The Kier molecular flexibility index (Phi) is 11.4. The molecule has 8 nitrogen and oxygen atoms in total. The Morgan fingerprint density at radius 3 is 1.92 bits per heavy atom. The second-order valence-electron chi connectivity index (χ2n) is 11.6. The molecule has 214 valence electrons. The van der Waals surface area contributed by atoms with Crippen molar-refractivity contribution in [2.24, 2.45) is 5.41 Å². The summed E-state index contributed by atoms with van der Waals surface area (Å²) in [5.74, 6) is 0.0944. The first kappa shape index (κ1) is 31.7. The van der Waals surface area contributed by atoms with Gasteiger partial charge in [0.25, 0.3) is 0 Å². The van der Waals surface area contributed by atoms with Crippen LogP contribution >= 0.6 is 0 Å². The van der Waals surface area contributed by atoms with E-state index in [9.17, 15) is 14.4 Å². The third kappa shape index (κ3) is 10.6. The van der Waals surface area contributed by atoms with Gasteiger partial charge in [-0.25, -0.2) is 4.79 Å². The molecule has 0 saturated carbocycles. The third-order valence-corrected chi connectivity index (χ3v) is 6.09. The van der Waals surface area contributed by atoms with E-state index in [1.807, 2.05) is 89.2 Å². The molecule has 0 saturated heterocycles. The monoisotopic (exact) mass is 539 g/mol. The summed E-state index contributed by atoms with van der Waals surface area (Å²) in [5.41, 5.74) is 0.616. The zero-order chi connectivity index (χ0) is 29.2. The molecule has 0 radical (unpaired) electrons. The van der Waals surface area contributed by atoms with Crippen molar-refractivity contribution in [2.75, 3.05) is 13.1 Å². The van der Waals surface area contributed by atoms with Crippen LogP contribution in [-0.4, -0.2) is 53.6 Å². The van der Waals surface area contributed by atoms with Gasteiger partial charge in [-0.2, -0.15) is 0 Å². The summed E-state index contributed by atoms with van der Waals surface area (Å²) in [7, 11) is 0. The summed E-state index contributed by atoms with van der Waals surface area (Å²) in [4.78, 5) is 41.1. The molecule has 0 aliphatic heterocycles. The van der Waals surface area contributed by atoms with Crippen molar-refractivity contribution < 1.29 is 23.9 Å². The molecule has 2 atom stereocenters. The fourth-order valence-corrected chi connectivity index (χ4v) is 4.01. The lowest BCUT2D eigenvalue weighted by atomic mass is 9.86. The summed E-state index contributed by atoms with van der Waals surface area (Å²) in [6.07, 6.45) is -0.390. The quantitative estimate of drug-likeness (QED) is 0.414. The number of hydrogen-bond donors (Lipinski definition) is 2. The fourth-order valence-electron chi connectivity index (χ4n) is 4.01. The van der Waals surface area contributed by atoms with Gasteiger partial charge in [-0.05, 0) is 63.3 Å². The zero-order valence-corrected chi connectivity index (χ0v) is 24.7. The van der Waals surface area contributed by atoms with Crippen LogP contribution < -0.4 is 15.4 Å². The van der Waals surface area contributed by atoms with Crippen LogP contribution in [0.2, 0.25) is 0 Å². The van der Waals surface area contributed by atoms with Gasteiger partial charge in [0.05, 0.1) is 0 Å². The molecule has 0 aromatic heterocycles. The SMILES string of the molecule is CCN(CC)C(=O)C(Cc1ccc(OCc2ccccc2)cc1)NC(=O)C(NC(=O)OC(C)(C)C)C(C)(C)C. The fraction of sp³-hybridized carbons (Fsp3) is 0.516. The van der Waals surface area contributed by atoms with E-state index in [2.05, 4.69) is 10.6 Å². The standard InChI is InChI=1S/C31H45N3O5/c1-9-34(10-2)28(36)25(32-27(35)26(30(3,4)5)33-29(37)39-31(6,7)8)20-22-16-18-24(19-17-22)38-21-23-14-12-11-13-15-23/h11-19,25-26H,9-10,20-21H2,1-8H3,(H,32,35)(H,33,37). The van der Waals surface area contributed by atoms with Crippen molar-refractivity contribution in [3.63, 3.8) is 0 Å². The highest BCUT2D eigenvalue weighted by Gasteiger charge is 2.36. The molecule has 2 aromatic carbocycles. The number of rotatable bonds is 11. The van der Waals surface area contributed by atoms with Gasteiger partial charge in [0.15, 0.2) is 0 Å². The number of nitrogens with one attached hydrogen (secondary N) is 2. The second-order valence-corrected chi connectivity index (χ2v) is 11.6. The molecule has 0 aliphatic carbocycles. The molecule has 0 spiro atoms. The number of amides is 3. The summed E-state index contributed by atoms with van der Waals surface area (Å²) in [6, 6.07) is 15.7. The number of likely N-dealkylation sites (N-methyl/N-ethyl adjacent to an activating group) is 1. The molecule has 0 heterocycles. The second kappa shape index (κ2) is 14.0. The minimum atomic E-state index is -0.909. The highest BCUT2D eigenvalue weighted by Crippen LogP contribution is 2.21. The molecular formula is C31H45N3O5. The van der Waals surface area contributed by atoms with Gasteiger partial charge in [-0.1, -0.05) is 63.2 Å². The van der Waals surface area contributed by atoms with Gasteiger partial charge in [0, 0.05) is 19.5 Å². The minimum Gasteiger partial charge on any atom is -0.489 e. The van der Waals surface area contributed by atoms with E-state index >= 15 is 0 Å². The van der Waals surface area contributed by atoms with Crippen LogP contribution in [0.3, 0.4) is 0 Å². The third-order valence-electron chi connectivity index (χ3n) is 6.09. The first-order valence-corrected chi connectivity index (χ1v) is 13.6. The van der Waals surface area contributed by atoms with Crippen LogP contribution in [0.15, 0.2) is 54.6 Å².